The number of aromatic nitrogens is 5. The summed E-state index contributed by atoms with van der Waals surface area (Å²) >= 11 is 0. The molecular weight excluding hydrogens is 1610 g/mol. The number of aromatic carboxylic acids is 1. The Bertz CT molecular complexity index is 2700. The number of nitrogens with zero attached hydrogens (tertiary/aromatic N) is 5. The Morgan fingerprint density at radius 1 is 0.507 bits per heavy atom. The van der Waals surface area contributed by atoms with Crippen LogP contribution < -0.4 is 0 Å². The minimum atomic E-state index is -0.990. The van der Waals surface area contributed by atoms with Crippen LogP contribution in [0.25, 0.3) is 45.0 Å². The number of aryl methyl sites for hydroxylation is 1. The normalized spacial score (nSPS) is 9.34. The Kier molecular flexibility index (Phi) is 34.3. The number of allylic oxidation sites excluding steroid dienone is 2. The number of carbonyl (C=O) groups excluding carboxylic acids is 1. The molecule has 0 saturated carbocycles. The second-order valence-electron chi connectivity index (χ2n) is 13.6. The first kappa shape index (κ1) is 64.8. The van der Waals surface area contributed by atoms with Crippen LogP contribution in [0, 0.1) is 42.8 Å². The summed E-state index contributed by atoms with van der Waals surface area (Å²) in [6.45, 7) is 4.91. The van der Waals surface area contributed by atoms with Crippen molar-refractivity contribution >= 4 is 11.8 Å². The van der Waals surface area contributed by atoms with Crippen LogP contribution in [0.1, 0.15) is 29.9 Å². The van der Waals surface area contributed by atoms with Gasteiger partial charge in [0.2, 0.25) is 0 Å². The van der Waals surface area contributed by atoms with Gasteiger partial charge in [0.15, 0.2) is 5.78 Å². The quantitative estimate of drug-likeness (QED) is 0.0946. The Balaban J connectivity index is 0.000000829. The van der Waals surface area contributed by atoms with Gasteiger partial charge in [-0.05, 0) is 79.9 Å². The maximum atomic E-state index is 13.2. The molecule has 71 heavy (non-hydrogen) atoms. The van der Waals surface area contributed by atoms with Gasteiger partial charge in [-0.1, -0.05) is 65.7 Å². The zero-order chi connectivity index (χ0) is 48.1. The molecule has 0 aliphatic carbocycles. The molecular formula is C56H45F2Ir4N5O4-4. The number of aliphatic hydroxyl groups is 1. The minimum Gasteiger partial charge on any atom is -0.512 e. The molecule has 2 N–H and O–H groups in total. The predicted molar refractivity (Wildman–Crippen MR) is 257 cm³/mol. The van der Waals surface area contributed by atoms with E-state index in [1.165, 1.54) is 37.8 Å². The number of carboxylic acids is 1. The predicted octanol–water partition coefficient (Wildman–Crippen LogP) is 12.6. The van der Waals surface area contributed by atoms with E-state index in [9.17, 15) is 18.4 Å². The van der Waals surface area contributed by atoms with Gasteiger partial charge in [-0.15, -0.1) is 120 Å². The van der Waals surface area contributed by atoms with Crippen molar-refractivity contribution in [1.29, 1.82) is 0 Å². The van der Waals surface area contributed by atoms with Crippen LogP contribution in [0.4, 0.5) is 8.78 Å². The molecule has 0 bridgehead atoms. The molecule has 9 rings (SSSR count). The number of halogens is 2. The third kappa shape index (κ3) is 25.5. The number of benzene rings is 4. The van der Waals surface area contributed by atoms with Gasteiger partial charge < -0.3 is 30.1 Å². The summed E-state index contributed by atoms with van der Waals surface area (Å²) in [5, 5.41) is 16.7. The second kappa shape index (κ2) is 37.6. The smallest absolute Gasteiger partial charge is 0.354 e. The van der Waals surface area contributed by atoms with E-state index in [1.807, 2.05) is 121 Å². The molecule has 0 amide bonds. The Labute approximate surface area is 467 Å². The number of ketones is 1. The Morgan fingerprint density at radius 3 is 1.28 bits per heavy atom. The minimum absolute atomic E-state index is 0. The molecule has 4 aromatic carbocycles. The third-order valence-electron chi connectivity index (χ3n) is 8.35. The van der Waals surface area contributed by atoms with Crippen LogP contribution in [0.3, 0.4) is 0 Å². The molecule has 0 aliphatic heterocycles. The fraction of sp³-hybridized carbons (Fsp3) is 0.0536. The molecule has 0 spiro atoms. The van der Waals surface area contributed by atoms with Crippen LogP contribution in [0.5, 0.6) is 0 Å². The standard InChI is InChI=1S/C12H10N.C11H6F2N.2C11H8N.C6H5NO2.C5H8O2.4Ir/c1-10-6-5-9-13-12(10)11-7-3-2-4-8-11;12-8-4-5-9(10(13)7-8)11-3-1-2-6-14-11;2*1-2-6-10(7-3-1)11-8-4-5-9-12-11;8-6(9)5-3-1-2-4-7-5;1-4(6)3-5(2)7;;;;/h2-7,9H,1H3;1-4,6-7H;2*1-6,8-9H;1-4H,(H,8,9);3,6H,1-2H3;;;;/q4*-1;;;;;;. The number of aliphatic hydroxyl groups excluding tert-OH is 1. The van der Waals surface area contributed by atoms with E-state index in [0.29, 0.717) is 5.69 Å². The maximum Gasteiger partial charge on any atom is 0.354 e. The summed E-state index contributed by atoms with van der Waals surface area (Å²) in [5.74, 6) is -2.34. The van der Waals surface area contributed by atoms with E-state index in [4.69, 9.17) is 10.2 Å². The van der Waals surface area contributed by atoms with E-state index >= 15 is 0 Å². The van der Waals surface area contributed by atoms with Crippen LogP contribution in [0.15, 0.2) is 213 Å². The average molecular weight is 1660 g/mol. The van der Waals surface area contributed by atoms with Gasteiger partial charge >= 0.3 is 5.97 Å². The molecule has 5 heterocycles. The maximum absolute atomic E-state index is 13.2. The van der Waals surface area contributed by atoms with Gasteiger partial charge in [0.05, 0.1) is 5.76 Å². The SMILES string of the molecule is CC(=O)C=C(C)O.Cc1cccnc1-c1[c-]cccc1.Fc1c[c-]c(-c2ccccn2)c(F)c1.O=C(O)c1ccccn1.[Ir].[Ir].[Ir].[Ir].[c-]1ccccc1-c1ccccn1.[c-]1ccccc1-c1ccccn1. The average Bonchev–Trinajstić information content (AvgIpc) is 3.37. The number of rotatable bonds is 6. The van der Waals surface area contributed by atoms with Crippen molar-refractivity contribution in [3.8, 4) is 45.0 Å². The molecule has 0 fully saturated rings. The molecule has 0 aliphatic rings. The first-order valence-electron chi connectivity index (χ1n) is 20.5. The van der Waals surface area contributed by atoms with Gasteiger partial charge in [-0.3, -0.25) is 13.6 Å². The van der Waals surface area contributed by atoms with Crippen molar-refractivity contribution in [2.24, 2.45) is 0 Å². The van der Waals surface area contributed by atoms with Crippen LogP contribution in [0.2, 0.25) is 0 Å². The monoisotopic (exact) mass is 1660 g/mol. The van der Waals surface area contributed by atoms with E-state index in [0.717, 1.165) is 45.9 Å². The number of hydrogen-bond donors (Lipinski definition) is 2. The molecule has 0 unspecified atom stereocenters. The zero-order valence-corrected chi connectivity index (χ0v) is 47.7. The second-order valence-corrected chi connectivity index (χ2v) is 13.6. The molecule has 372 valence electrons. The molecule has 5 aromatic heterocycles. The third-order valence-corrected chi connectivity index (χ3v) is 8.35. The fourth-order valence-electron chi connectivity index (χ4n) is 5.39. The number of hydrogen-bond acceptors (Lipinski definition) is 8. The van der Waals surface area contributed by atoms with Crippen molar-refractivity contribution < 1.29 is 109 Å². The van der Waals surface area contributed by atoms with Crippen LogP contribution >= 0.6 is 0 Å². The van der Waals surface area contributed by atoms with E-state index in [-0.39, 0.29) is 103 Å². The molecule has 9 nitrogen and oxygen atoms in total. The van der Waals surface area contributed by atoms with Crippen LogP contribution in [-0.4, -0.2) is 46.9 Å². The topological polar surface area (TPSA) is 139 Å². The van der Waals surface area contributed by atoms with Gasteiger partial charge in [0.1, 0.15) is 5.69 Å². The first-order chi connectivity index (χ1) is 32.5. The van der Waals surface area contributed by atoms with Gasteiger partial charge in [-0.25, -0.2) is 9.78 Å². The largest absolute Gasteiger partial charge is 0.512 e. The molecule has 4 radical (unpaired) electrons. The van der Waals surface area contributed by atoms with Crippen molar-refractivity contribution in [1.82, 2.24) is 24.9 Å². The Morgan fingerprint density at radius 2 is 0.944 bits per heavy atom. The van der Waals surface area contributed by atoms with Gasteiger partial charge in [-0.2, -0.15) is 0 Å². The molecule has 15 heteroatoms. The summed E-state index contributed by atoms with van der Waals surface area (Å²) in [6, 6.07) is 63.0. The van der Waals surface area contributed by atoms with Crippen molar-refractivity contribution in [2.45, 2.75) is 20.8 Å². The summed E-state index contributed by atoms with van der Waals surface area (Å²) in [5.41, 5.74) is 8.00. The number of carbonyl (C=O) groups is 2. The fourth-order valence-corrected chi connectivity index (χ4v) is 5.39. The van der Waals surface area contributed by atoms with E-state index in [1.54, 1.807) is 48.9 Å². The van der Waals surface area contributed by atoms with E-state index in [2.05, 4.69) is 62.2 Å². The molecule has 0 atom stereocenters. The van der Waals surface area contributed by atoms with Crippen LogP contribution in [-0.2, 0) is 85.2 Å². The van der Waals surface area contributed by atoms with Crippen molar-refractivity contribution in [3.05, 3.63) is 260 Å². The summed E-state index contributed by atoms with van der Waals surface area (Å²) in [7, 11) is 0. The van der Waals surface area contributed by atoms with Crippen molar-refractivity contribution in [2.75, 3.05) is 0 Å². The molecule has 9 aromatic rings. The Hall–Kier alpha value is -6.23. The van der Waals surface area contributed by atoms with E-state index < -0.39 is 17.6 Å². The summed E-state index contributed by atoms with van der Waals surface area (Å²) in [6.07, 6.45) is 9.55. The zero-order valence-electron chi connectivity index (χ0n) is 38.2. The van der Waals surface area contributed by atoms with Crippen molar-refractivity contribution in [3.63, 3.8) is 0 Å². The van der Waals surface area contributed by atoms with Gasteiger partial charge in [0.25, 0.3) is 0 Å². The number of pyridine rings is 5. The summed E-state index contributed by atoms with van der Waals surface area (Å²) < 4.78 is 25.8. The summed E-state index contributed by atoms with van der Waals surface area (Å²) in [4.78, 5) is 40.4. The first-order valence-corrected chi connectivity index (χ1v) is 20.5. The van der Waals surface area contributed by atoms with Gasteiger partial charge in [0, 0.05) is 129 Å². The molecule has 0 saturated heterocycles. The number of carboxylic acid groups (broad SMARTS) is 1.